The molecule has 0 aromatic heterocycles. The van der Waals surface area contributed by atoms with Crippen LogP contribution in [0.4, 0.5) is 0 Å². The summed E-state index contributed by atoms with van der Waals surface area (Å²) in [5, 5.41) is 14.3. The second-order valence-corrected chi connectivity index (χ2v) is 8.57. The lowest BCUT2D eigenvalue weighted by atomic mass is 10.1. The molecule has 3 aromatic rings. The number of halogens is 3. The van der Waals surface area contributed by atoms with Gasteiger partial charge in [0.05, 0.1) is 28.0 Å². The van der Waals surface area contributed by atoms with E-state index in [2.05, 4.69) is 33.8 Å². The molecule has 0 fully saturated rings. The van der Waals surface area contributed by atoms with Crippen LogP contribution in [0.15, 0.2) is 59.8 Å². The van der Waals surface area contributed by atoms with Gasteiger partial charge in [0.2, 0.25) is 0 Å². The molecule has 0 spiro atoms. The number of oxime groups is 1. The van der Waals surface area contributed by atoms with Crippen molar-refractivity contribution in [2.24, 2.45) is 5.16 Å². The molecule has 0 amide bonds. The van der Waals surface area contributed by atoms with Crippen LogP contribution in [0.2, 0.25) is 10.0 Å². The van der Waals surface area contributed by atoms with Gasteiger partial charge < -0.3 is 14.3 Å². The maximum absolute atomic E-state index is 9.15. The number of hydrogen-bond donors (Lipinski definition) is 0. The third-order valence-electron chi connectivity index (χ3n) is 4.35. The van der Waals surface area contributed by atoms with Crippen molar-refractivity contribution in [3.05, 3.63) is 90.5 Å². The normalized spacial score (nSPS) is 10.7. The van der Waals surface area contributed by atoms with Crippen molar-refractivity contribution in [2.75, 3.05) is 6.61 Å². The van der Waals surface area contributed by atoms with E-state index in [4.69, 9.17) is 42.8 Å². The van der Waals surface area contributed by atoms with Crippen molar-refractivity contribution in [1.29, 1.82) is 5.26 Å². The Balaban J connectivity index is 1.71. The summed E-state index contributed by atoms with van der Waals surface area (Å²) in [6.07, 6.45) is 1.60. The molecule has 5 nitrogen and oxygen atoms in total. The molecule has 164 valence electrons. The van der Waals surface area contributed by atoms with Crippen molar-refractivity contribution in [3.63, 3.8) is 0 Å². The fraction of sp³-hybridized carbons (Fsp3) is 0.167. The molecule has 0 aliphatic rings. The highest BCUT2D eigenvalue weighted by molar-refractivity contribution is 14.1. The molecule has 0 aliphatic carbocycles. The van der Waals surface area contributed by atoms with Gasteiger partial charge in [0.25, 0.3) is 0 Å². The average molecular weight is 581 g/mol. The van der Waals surface area contributed by atoms with E-state index in [0.29, 0.717) is 33.7 Å². The maximum Gasteiger partial charge on any atom is 0.175 e. The van der Waals surface area contributed by atoms with Crippen molar-refractivity contribution in [2.45, 2.75) is 20.1 Å². The van der Waals surface area contributed by atoms with E-state index in [1.54, 1.807) is 24.4 Å². The first kappa shape index (κ1) is 24.2. The summed E-state index contributed by atoms with van der Waals surface area (Å²) in [4.78, 5) is 5.38. The van der Waals surface area contributed by atoms with Gasteiger partial charge >= 0.3 is 0 Å². The van der Waals surface area contributed by atoms with E-state index in [1.165, 1.54) is 0 Å². The number of benzene rings is 3. The van der Waals surface area contributed by atoms with Crippen LogP contribution in [0.25, 0.3) is 0 Å². The van der Waals surface area contributed by atoms with Crippen LogP contribution in [0, 0.1) is 14.9 Å². The third kappa shape index (κ3) is 6.52. The minimum atomic E-state index is 0.207. The molecule has 8 heteroatoms. The highest BCUT2D eigenvalue weighted by Gasteiger charge is 2.13. The van der Waals surface area contributed by atoms with Gasteiger partial charge in [-0.05, 0) is 59.8 Å². The minimum Gasteiger partial charge on any atom is -0.490 e. The van der Waals surface area contributed by atoms with Gasteiger partial charge in [0, 0.05) is 26.7 Å². The summed E-state index contributed by atoms with van der Waals surface area (Å²) in [5.41, 5.74) is 2.97. The van der Waals surface area contributed by atoms with Gasteiger partial charge in [-0.15, -0.1) is 0 Å². The molecule has 3 rings (SSSR count). The fourth-order valence-electron chi connectivity index (χ4n) is 2.81. The van der Waals surface area contributed by atoms with Crippen LogP contribution in [0.5, 0.6) is 11.5 Å². The number of hydrogen-bond acceptors (Lipinski definition) is 5. The highest BCUT2D eigenvalue weighted by Crippen LogP contribution is 2.35. The zero-order valence-electron chi connectivity index (χ0n) is 17.1. The summed E-state index contributed by atoms with van der Waals surface area (Å²) in [6.45, 7) is 2.87. The molecule has 0 N–H and O–H groups in total. The number of nitrogens with zero attached hydrogens (tertiary/aromatic N) is 2. The van der Waals surface area contributed by atoms with Gasteiger partial charge in [-0.25, -0.2) is 0 Å². The van der Waals surface area contributed by atoms with Crippen LogP contribution in [-0.4, -0.2) is 12.8 Å². The Morgan fingerprint density at radius 2 is 1.84 bits per heavy atom. The molecule has 0 radical (unpaired) electrons. The Morgan fingerprint density at radius 1 is 1.03 bits per heavy atom. The second kappa shape index (κ2) is 12.0. The van der Waals surface area contributed by atoms with Crippen molar-refractivity contribution < 1.29 is 14.3 Å². The SMILES string of the molecule is CCOc1cc(/C=N\OCc2ccccc2C#N)cc(I)c1OCc1ccc(Cl)cc1Cl. The summed E-state index contributed by atoms with van der Waals surface area (Å²) >= 11 is 14.4. The lowest BCUT2D eigenvalue weighted by molar-refractivity contribution is 0.132. The monoisotopic (exact) mass is 580 g/mol. The van der Waals surface area contributed by atoms with E-state index in [9.17, 15) is 0 Å². The smallest absolute Gasteiger partial charge is 0.175 e. The van der Waals surface area contributed by atoms with Gasteiger partial charge in [-0.2, -0.15) is 5.26 Å². The summed E-state index contributed by atoms with van der Waals surface area (Å²) in [5.74, 6) is 1.22. The molecule has 32 heavy (non-hydrogen) atoms. The summed E-state index contributed by atoms with van der Waals surface area (Å²) in [7, 11) is 0. The zero-order chi connectivity index (χ0) is 22.9. The largest absolute Gasteiger partial charge is 0.490 e. The zero-order valence-corrected chi connectivity index (χ0v) is 20.8. The predicted octanol–water partition coefficient (Wildman–Crippen LogP) is 7.00. The first-order valence-electron chi connectivity index (χ1n) is 9.68. The predicted molar refractivity (Wildman–Crippen MR) is 135 cm³/mol. The quantitative estimate of drug-likeness (QED) is 0.155. The Labute approximate surface area is 210 Å². The van der Waals surface area contributed by atoms with Crippen LogP contribution < -0.4 is 9.47 Å². The molecule has 0 unspecified atom stereocenters. The molecule has 0 heterocycles. The maximum atomic E-state index is 9.15. The van der Waals surface area contributed by atoms with Crippen molar-refractivity contribution in [3.8, 4) is 17.6 Å². The van der Waals surface area contributed by atoms with Crippen molar-refractivity contribution in [1.82, 2.24) is 0 Å². The lowest BCUT2D eigenvalue weighted by Gasteiger charge is -2.15. The number of ether oxygens (including phenoxy) is 2. The van der Waals surface area contributed by atoms with Crippen molar-refractivity contribution >= 4 is 52.0 Å². The molecular weight excluding hydrogens is 562 g/mol. The number of rotatable bonds is 9. The van der Waals surface area contributed by atoms with Gasteiger partial charge in [0.15, 0.2) is 11.5 Å². The van der Waals surface area contributed by atoms with Gasteiger partial charge in [-0.1, -0.05) is 52.6 Å². The molecule has 0 saturated heterocycles. The number of nitriles is 1. The molecular formula is C24H19Cl2IN2O3. The molecule has 0 aliphatic heterocycles. The lowest BCUT2D eigenvalue weighted by Crippen LogP contribution is -2.03. The van der Waals surface area contributed by atoms with Crippen LogP contribution in [0.1, 0.15) is 29.2 Å². The van der Waals surface area contributed by atoms with E-state index >= 15 is 0 Å². The average Bonchev–Trinajstić information content (AvgIpc) is 2.78. The van der Waals surface area contributed by atoms with Gasteiger partial charge in [0.1, 0.15) is 13.2 Å². The standard InChI is InChI=1S/C24H19Cl2IN2O3/c1-2-30-23-10-16(13-29-32-15-18-6-4-3-5-17(18)12-28)9-22(27)24(23)31-14-19-7-8-20(25)11-21(19)26/h3-11,13H,2,14-15H2,1H3/b29-13-. The van der Waals surface area contributed by atoms with Crippen LogP contribution in [0.3, 0.4) is 0 Å². The van der Waals surface area contributed by atoms with Crippen LogP contribution >= 0.6 is 45.8 Å². The first-order valence-corrected chi connectivity index (χ1v) is 11.5. The van der Waals surface area contributed by atoms with E-state index in [1.807, 2.05) is 43.3 Å². The van der Waals surface area contributed by atoms with Crippen LogP contribution in [-0.2, 0) is 18.1 Å². The summed E-state index contributed by atoms with van der Waals surface area (Å²) < 4.78 is 12.7. The molecule has 0 bridgehead atoms. The van der Waals surface area contributed by atoms with E-state index in [-0.39, 0.29) is 13.2 Å². The van der Waals surface area contributed by atoms with E-state index in [0.717, 1.165) is 20.3 Å². The topological polar surface area (TPSA) is 63.8 Å². The second-order valence-electron chi connectivity index (χ2n) is 6.56. The molecule has 3 aromatic carbocycles. The first-order chi connectivity index (χ1) is 15.5. The molecule has 0 atom stereocenters. The highest BCUT2D eigenvalue weighted by atomic mass is 127. The summed E-state index contributed by atoms with van der Waals surface area (Å²) in [6, 6.07) is 18.4. The van der Waals surface area contributed by atoms with Gasteiger partial charge in [-0.3, -0.25) is 0 Å². The fourth-order valence-corrected chi connectivity index (χ4v) is 4.06. The molecule has 0 saturated carbocycles. The Bertz CT molecular complexity index is 1160. The Morgan fingerprint density at radius 3 is 2.59 bits per heavy atom. The van der Waals surface area contributed by atoms with E-state index < -0.39 is 0 Å². The third-order valence-corrected chi connectivity index (χ3v) is 5.74. The Hall–Kier alpha value is -2.47. The Kier molecular flexibility index (Phi) is 9.03. The minimum absolute atomic E-state index is 0.207.